The monoisotopic (exact) mass is 435 g/mol. The molecule has 0 aliphatic carbocycles. The highest BCUT2D eigenvalue weighted by atomic mass is 19.1. The van der Waals surface area contributed by atoms with Crippen LogP contribution in [0.5, 0.6) is 5.75 Å². The van der Waals surface area contributed by atoms with E-state index in [1.807, 2.05) is 24.3 Å². The second kappa shape index (κ2) is 9.88. The maximum Gasteiger partial charge on any atom is 0.247 e. The van der Waals surface area contributed by atoms with Gasteiger partial charge in [0.05, 0.1) is 19.4 Å². The van der Waals surface area contributed by atoms with Gasteiger partial charge in [-0.3, -0.25) is 4.79 Å². The molecule has 32 heavy (non-hydrogen) atoms. The van der Waals surface area contributed by atoms with Crippen LogP contribution in [-0.2, 0) is 9.53 Å². The number of aromatic nitrogens is 2. The summed E-state index contributed by atoms with van der Waals surface area (Å²) in [4.78, 5) is 19.7. The highest BCUT2D eigenvalue weighted by molar-refractivity contribution is 5.99. The van der Waals surface area contributed by atoms with E-state index in [2.05, 4.69) is 32.5 Å². The molecule has 4 rings (SSSR count). The van der Waals surface area contributed by atoms with Crippen LogP contribution < -0.4 is 20.7 Å². The quantitative estimate of drug-likeness (QED) is 0.451. The molecule has 0 saturated carbocycles. The number of nitrogens with zero attached hydrogens (tertiary/aromatic N) is 2. The molecular weight excluding hydrogens is 413 g/mol. The molecule has 1 unspecified atom stereocenters. The average molecular weight is 435 g/mol. The lowest BCUT2D eigenvalue weighted by atomic mass is 10.2. The second-order valence-corrected chi connectivity index (χ2v) is 7.04. The summed E-state index contributed by atoms with van der Waals surface area (Å²) in [7, 11) is 0. The fourth-order valence-corrected chi connectivity index (χ4v) is 3.06. The van der Waals surface area contributed by atoms with Crippen molar-refractivity contribution in [1.29, 1.82) is 0 Å². The van der Waals surface area contributed by atoms with E-state index in [0.29, 0.717) is 18.0 Å². The van der Waals surface area contributed by atoms with E-state index in [1.54, 1.807) is 24.3 Å². The molecule has 2 heterocycles. The average Bonchev–Trinajstić information content (AvgIpc) is 3.31. The van der Waals surface area contributed by atoms with Crippen molar-refractivity contribution in [2.75, 3.05) is 29.2 Å². The molecule has 164 valence electrons. The van der Waals surface area contributed by atoms with E-state index in [1.165, 1.54) is 6.08 Å². The van der Waals surface area contributed by atoms with Crippen LogP contribution in [0.4, 0.5) is 33.2 Å². The number of hydrogen-bond acceptors (Lipinski definition) is 7. The van der Waals surface area contributed by atoms with Crippen molar-refractivity contribution in [2.24, 2.45) is 0 Å². The Morgan fingerprint density at radius 2 is 1.97 bits per heavy atom. The lowest BCUT2D eigenvalue weighted by Gasteiger charge is -2.13. The van der Waals surface area contributed by atoms with Crippen LogP contribution in [0.1, 0.15) is 6.42 Å². The number of anilines is 5. The molecule has 0 bridgehead atoms. The van der Waals surface area contributed by atoms with Gasteiger partial charge in [0.1, 0.15) is 11.9 Å². The molecule has 1 saturated heterocycles. The third-order valence-electron chi connectivity index (χ3n) is 4.62. The summed E-state index contributed by atoms with van der Waals surface area (Å²) in [6, 6.07) is 14.2. The summed E-state index contributed by atoms with van der Waals surface area (Å²) >= 11 is 0. The van der Waals surface area contributed by atoms with Crippen molar-refractivity contribution in [1.82, 2.24) is 9.97 Å². The number of benzene rings is 2. The van der Waals surface area contributed by atoms with Gasteiger partial charge in [0, 0.05) is 23.5 Å². The minimum absolute atomic E-state index is 0.00381. The number of halogens is 1. The van der Waals surface area contributed by atoms with E-state index >= 15 is 0 Å². The number of hydrogen-bond donors (Lipinski definition) is 3. The van der Waals surface area contributed by atoms with E-state index in [9.17, 15) is 9.18 Å². The van der Waals surface area contributed by atoms with E-state index in [4.69, 9.17) is 9.47 Å². The van der Waals surface area contributed by atoms with Gasteiger partial charge >= 0.3 is 0 Å². The number of amides is 1. The number of nitrogens with one attached hydrogen (secondary N) is 3. The Kier molecular flexibility index (Phi) is 6.57. The molecule has 1 fully saturated rings. The lowest BCUT2D eigenvalue weighted by molar-refractivity contribution is -0.111. The van der Waals surface area contributed by atoms with Gasteiger partial charge in [-0.15, -0.1) is 0 Å². The van der Waals surface area contributed by atoms with E-state index in [-0.39, 0.29) is 23.8 Å². The largest absolute Gasteiger partial charge is 0.488 e. The summed E-state index contributed by atoms with van der Waals surface area (Å²) in [6.45, 7) is 4.74. The fourth-order valence-electron chi connectivity index (χ4n) is 3.06. The molecule has 3 N–H and O–H groups in total. The first-order valence-corrected chi connectivity index (χ1v) is 10.0. The van der Waals surface area contributed by atoms with Crippen LogP contribution in [-0.4, -0.2) is 35.2 Å². The molecule has 8 nitrogen and oxygen atoms in total. The lowest BCUT2D eigenvalue weighted by Crippen LogP contribution is -2.15. The number of rotatable bonds is 8. The van der Waals surface area contributed by atoms with E-state index < -0.39 is 5.82 Å². The molecular formula is C23H22FN5O3. The maximum absolute atomic E-state index is 14.3. The number of carbonyl (C=O) groups is 1. The Morgan fingerprint density at radius 3 is 2.72 bits per heavy atom. The fraction of sp³-hybridized carbons (Fsp3) is 0.174. The first kappa shape index (κ1) is 21.3. The van der Waals surface area contributed by atoms with Crippen LogP contribution in [0, 0.1) is 5.82 Å². The summed E-state index contributed by atoms with van der Waals surface area (Å²) in [5, 5.41) is 8.60. The normalized spacial score (nSPS) is 15.1. The predicted octanol–water partition coefficient (Wildman–Crippen LogP) is 4.40. The molecule has 1 amide bonds. The van der Waals surface area contributed by atoms with Crippen LogP contribution >= 0.6 is 0 Å². The van der Waals surface area contributed by atoms with Crippen molar-refractivity contribution in [3.63, 3.8) is 0 Å². The summed E-state index contributed by atoms with van der Waals surface area (Å²) < 4.78 is 25.4. The Hall–Kier alpha value is -3.98. The smallest absolute Gasteiger partial charge is 0.247 e. The third-order valence-corrected chi connectivity index (χ3v) is 4.62. The zero-order chi connectivity index (χ0) is 22.3. The third kappa shape index (κ3) is 5.58. The van der Waals surface area contributed by atoms with Crippen molar-refractivity contribution in [3.8, 4) is 5.75 Å². The molecule has 1 aliphatic rings. The zero-order valence-electron chi connectivity index (χ0n) is 17.2. The molecule has 1 atom stereocenters. The van der Waals surface area contributed by atoms with Crippen molar-refractivity contribution >= 4 is 34.7 Å². The van der Waals surface area contributed by atoms with E-state index in [0.717, 1.165) is 30.7 Å². The first-order chi connectivity index (χ1) is 15.6. The maximum atomic E-state index is 14.3. The van der Waals surface area contributed by atoms with Gasteiger partial charge in [0.15, 0.2) is 11.6 Å². The SMILES string of the molecule is C=CC(=O)Nc1cccc(Nc2nc(Nc3ccc(OC4CCOC4)cc3)ncc2F)c1. The van der Waals surface area contributed by atoms with Gasteiger partial charge in [0.2, 0.25) is 11.9 Å². The topological polar surface area (TPSA) is 97.4 Å². The molecule has 2 aromatic carbocycles. The zero-order valence-corrected chi connectivity index (χ0v) is 17.2. The summed E-state index contributed by atoms with van der Waals surface area (Å²) in [6.07, 6.45) is 3.21. The first-order valence-electron chi connectivity index (χ1n) is 10.0. The Labute approximate surface area is 184 Å². The Morgan fingerprint density at radius 1 is 1.16 bits per heavy atom. The van der Waals surface area contributed by atoms with Gasteiger partial charge in [-0.2, -0.15) is 4.98 Å². The molecule has 3 aromatic rings. The minimum atomic E-state index is -0.612. The molecule has 1 aliphatic heterocycles. The van der Waals surface area contributed by atoms with Gasteiger partial charge in [0.25, 0.3) is 0 Å². The number of ether oxygens (including phenoxy) is 2. The highest BCUT2D eigenvalue weighted by Gasteiger charge is 2.17. The second-order valence-electron chi connectivity index (χ2n) is 7.04. The van der Waals surface area contributed by atoms with Crippen LogP contribution in [0.3, 0.4) is 0 Å². The minimum Gasteiger partial charge on any atom is -0.488 e. The molecule has 0 radical (unpaired) electrons. The molecule has 9 heteroatoms. The van der Waals surface area contributed by atoms with Crippen molar-refractivity contribution in [2.45, 2.75) is 12.5 Å². The standard InChI is InChI=1S/C23H22FN5O3/c1-2-21(30)26-16-4-3-5-17(12-16)27-22-20(24)13-25-23(29-22)28-15-6-8-18(9-7-15)32-19-10-11-31-14-19/h2-9,12-13,19H,1,10-11,14H2,(H,26,30)(H2,25,27,28,29). The van der Waals surface area contributed by atoms with Gasteiger partial charge in [-0.25, -0.2) is 9.37 Å². The van der Waals surface area contributed by atoms with Crippen LogP contribution in [0.15, 0.2) is 67.4 Å². The van der Waals surface area contributed by atoms with Crippen molar-refractivity contribution in [3.05, 3.63) is 73.2 Å². The van der Waals surface area contributed by atoms with Crippen molar-refractivity contribution < 1.29 is 18.7 Å². The number of carbonyl (C=O) groups excluding carboxylic acids is 1. The Balaban J connectivity index is 1.43. The van der Waals surface area contributed by atoms with Crippen LogP contribution in [0.2, 0.25) is 0 Å². The molecule has 1 aromatic heterocycles. The summed E-state index contributed by atoms with van der Waals surface area (Å²) in [5.41, 5.74) is 1.82. The molecule has 0 spiro atoms. The summed E-state index contributed by atoms with van der Waals surface area (Å²) in [5.74, 6) is 0.0177. The highest BCUT2D eigenvalue weighted by Crippen LogP contribution is 2.24. The predicted molar refractivity (Wildman–Crippen MR) is 120 cm³/mol. The van der Waals surface area contributed by atoms with Gasteiger partial charge < -0.3 is 25.4 Å². The Bertz CT molecular complexity index is 1100. The van der Waals surface area contributed by atoms with Gasteiger partial charge in [-0.1, -0.05) is 12.6 Å². The van der Waals surface area contributed by atoms with Crippen LogP contribution in [0.25, 0.3) is 0 Å². The van der Waals surface area contributed by atoms with Gasteiger partial charge in [-0.05, 0) is 48.5 Å².